The van der Waals surface area contributed by atoms with E-state index in [1.165, 1.54) is 18.2 Å². The first-order chi connectivity index (χ1) is 8.91. The van der Waals surface area contributed by atoms with Gasteiger partial charge in [-0.15, -0.1) is 0 Å². The van der Waals surface area contributed by atoms with Gasteiger partial charge < -0.3 is 5.11 Å². The summed E-state index contributed by atoms with van der Waals surface area (Å²) < 4.78 is 13.3. The SMILES string of the molecule is O=C(O)c1nc(-c2c(Cl)ccc(Cl)c2Cl)ccc1F. The molecule has 0 fully saturated rings. The van der Waals surface area contributed by atoms with E-state index in [1.807, 2.05) is 0 Å². The second-order valence-corrected chi connectivity index (χ2v) is 4.74. The van der Waals surface area contributed by atoms with E-state index >= 15 is 0 Å². The molecular formula is C12H5Cl3FNO2. The molecule has 2 aromatic rings. The number of halogens is 4. The van der Waals surface area contributed by atoms with Crippen molar-refractivity contribution in [2.24, 2.45) is 0 Å². The minimum atomic E-state index is -1.48. The molecule has 1 aromatic heterocycles. The van der Waals surface area contributed by atoms with E-state index in [1.54, 1.807) is 0 Å². The lowest BCUT2D eigenvalue weighted by molar-refractivity contribution is 0.0685. The van der Waals surface area contributed by atoms with Gasteiger partial charge in [0.2, 0.25) is 0 Å². The zero-order valence-corrected chi connectivity index (χ0v) is 11.4. The minimum absolute atomic E-state index is 0.129. The maximum atomic E-state index is 13.3. The molecule has 0 spiro atoms. The third kappa shape index (κ3) is 2.66. The average Bonchev–Trinajstić information content (AvgIpc) is 2.36. The van der Waals surface area contributed by atoms with Crippen LogP contribution in [-0.2, 0) is 0 Å². The molecule has 98 valence electrons. The van der Waals surface area contributed by atoms with Crippen molar-refractivity contribution in [3.63, 3.8) is 0 Å². The Balaban J connectivity index is 2.70. The Morgan fingerprint density at radius 3 is 2.37 bits per heavy atom. The molecule has 0 aliphatic rings. The highest BCUT2D eigenvalue weighted by Gasteiger charge is 2.18. The second kappa shape index (κ2) is 5.33. The lowest BCUT2D eigenvalue weighted by Crippen LogP contribution is -2.05. The molecule has 1 heterocycles. The van der Waals surface area contributed by atoms with Crippen LogP contribution in [-0.4, -0.2) is 16.1 Å². The summed E-state index contributed by atoms with van der Waals surface area (Å²) in [5.74, 6) is -2.42. The van der Waals surface area contributed by atoms with Crippen LogP contribution in [0.5, 0.6) is 0 Å². The molecule has 0 radical (unpaired) electrons. The minimum Gasteiger partial charge on any atom is -0.476 e. The molecule has 0 amide bonds. The fourth-order valence-corrected chi connectivity index (χ4v) is 2.21. The Hall–Kier alpha value is -1.36. The number of aromatic carboxylic acids is 1. The predicted octanol–water partition coefficient (Wildman–Crippen LogP) is 4.55. The highest BCUT2D eigenvalue weighted by Crippen LogP contribution is 2.38. The summed E-state index contributed by atoms with van der Waals surface area (Å²) in [5, 5.41) is 9.45. The Kier molecular flexibility index (Phi) is 3.94. The maximum Gasteiger partial charge on any atom is 0.357 e. The van der Waals surface area contributed by atoms with Gasteiger partial charge in [-0.3, -0.25) is 0 Å². The summed E-state index contributed by atoms with van der Waals surface area (Å²) in [6.45, 7) is 0. The van der Waals surface area contributed by atoms with E-state index in [-0.39, 0.29) is 26.3 Å². The van der Waals surface area contributed by atoms with E-state index in [0.717, 1.165) is 6.07 Å². The van der Waals surface area contributed by atoms with Crippen LogP contribution >= 0.6 is 34.8 Å². The summed E-state index contributed by atoms with van der Waals surface area (Å²) in [6.07, 6.45) is 0. The summed E-state index contributed by atoms with van der Waals surface area (Å²) in [5.41, 5.74) is -0.306. The number of hydrogen-bond donors (Lipinski definition) is 1. The first-order valence-electron chi connectivity index (χ1n) is 4.95. The zero-order valence-electron chi connectivity index (χ0n) is 9.12. The van der Waals surface area contributed by atoms with Crippen LogP contribution in [0.3, 0.4) is 0 Å². The van der Waals surface area contributed by atoms with Gasteiger partial charge in [0.05, 0.1) is 20.8 Å². The molecule has 0 saturated heterocycles. The van der Waals surface area contributed by atoms with Crippen LogP contribution < -0.4 is 0 Å². The summed E-state index contributed by atoms with van der Waals surface area (Å²) >= 11 is 17.9. The molecule has 19 heavy (non-hydrogen) atoms. The number of benzene rings is 1. The molecule has 0 saturated carbocycles. The van der Waals surface area contributed by atoms with Crippen molar-refractivity contribution >= 4 is 40.8 Å². The van der Waals surface area contributed by atoms with Crippen molar-refractivity contribution in [2.75, 3.05) is 0 Å². The zero-order chi connectivity index (χ0) is 14.2. The molecule has 0 aliphatic carbocycles. The molecular weight excluding hydrogens is 315 g/mol. The van der Waals surface area contributed by atoms with Gasteiger partial charge in [-0.25, -0.2) is 14.2 Å². The normalized spacial score (nSPS) is 10.5. The second-order valence-electron chi connectivity index (χ2n) is 3.55. The third-order valence-corrected chi connectivity index (χ3v) is 3.47. The number of carboxylic acids is 1. The first-order valence-corrected chi connectivity index (χ1v) is 6.09. The summed E-state index contributed by atoms with van der Waals surface area (Å²) in [4.78, 5) is 14.6. The van der Waals surface area contributed by atoms with Gasteiger partial charge in [-0.1, -0.05) is 34.8 Å². The number of carbonyl (C=O) groups is 1. The van der Waals surface area contributed by atoms with Gasteiger partial charge in [0, 0.05) is 5.56 Å². The number of aromatic nitrogens is 1. The first kappa shape index (κ1) is 14.1. The molecule has 0 bridgehead atoms. The van der Waals surface area contributed by atoms with Crippen molar-refractivity contribution in [3.05, 3.63) is 50.8 Å². The summed E-state index contributed by atoms with van der Waals surface area (Å²) in [6, 6.07) is 5.26. The van der Waals surface area contributed by atoms with Crippen LogP contribution in [0.2, 0.25) is 15.1 Å². The molecule has 7 heteroatoms. The number of carboxylic acid groups (broad SMARTS) is 1. The Morgan fingerprint density at radius 2 is 1.74 bits per heavy atom. The average molecular weight is 321 g/mol. The quantitative estimate of drug-likeness (QED) is 0.826. The molecule has 0 atom stereocenters. The molecule has 1 aromatic carbocycles. The smallest absolute Gasteiger partial charge is 0.357 e. The van der Waals surface area contributed by atoms with Crippen LogP contribution in [0.1, 0.15) is 10.5 Å². The number of rotatable bonds is 2. The highest BCUT2D eigenvalue weighted by molar-refractivity contribution is 6.46. The molecule has 3 nitrogen and oxygen atoms in total. The maximum absolute atomic E-state index is 13.3. The molecule has 2 rings (SSSR count). The topological polar surface area (TPSA) is 50.2 Å². The van der Waals surface area contributed by atoms with Gasteiger partial charge in [0.1, 0.15) is 0 Å². The van der Waals surface area contributed by atoms with Gasteiger partial charge in [0.15, 0.2) is 11.5 Å². The van der Waals surface area contributed by atoms with Gasteiger partial charge in [-0.05, 0) is 24.3 Å². The summed E-state index contributed by atoms with van der Waals surface area (Å²) in [7, 11) is 0. The number of pyridine rings is 1. The predicted molar refractivity (Wildman–Crippen MR) is 71.6 cm³/mol. The van der Waals surface area contributed by atoms with Crippen molar-refractivity contribution < 1.29 is 14.3 Å². The van der Waals surface area contributed by atoms with Gasteiger partial charge in [0.25, 0.3) is 0 Å². The third-order valence-electron chi connectivity index (χ3n) is 2.35. The van der Waals surface area contributed by atoms with Crippen LogP contribution in [0.15, 0.2) is 24.3 Å². The van der Waals surface area contributed by atoms with Gasteiger partial charge in [-0.2, -0.15) is 0 Å². The van der Waals surface area contributed by atoms with E-state index in [0.29, 0.717) is 0 Å². The Bertz CT molecular complexity index is 676. The van der Waals surface area contributed by atoms with Gasteiger partial charge >= 0.3 is 5.97 Å². The largest absolute Gasteiger partial charge is 0.476 e. The monoisotopic (exact) mass is 319 g/mol. The van der Waals surface area contributed by atoms with Crippen LogP contribution in [0.4, 0.5) is 4.39 Å². The van der Waals surface area contributed by atoms with E-state index in [2.05, 4.69) is 4.98 Å². The van der Waals surface area contributed by atoms with Crippen LogP contribution in [0, 0.1) is 5.82 Å². The van der Waals surface area contributed by atoms with Crippen molar-refractivity contribution in [1.82, 2.24) is 4.98 Å². The molecule has 0 unspecified atom stereocenters. The fraction of sp³-hybridized carbons (Fsp3) is 0. The van der Waals surface area contributed by atoms with E-state index < -0.39 is 17.5 Å². The van der Waals surface area contributed by atoms with E-state index in [4.69, 9.17) is 39.9 Å². The fourth-order valence-electron chi connectivity index (χ4n) is 1.49. The lowest BCUT2D eigenvalue weighted by atomic mass is 10.1. The Labute approximate surface area is 122 Å². The standard InChI is InChI=1S/C12H5Cl3FNO2/c13-5-1-2-6(14)10(15)9(5)8-4-3-7(16)11(17-8)12(18)19/h1-4H,(H,18,19). The Morgan fingerprint density at radius 1 is 1.11 bits per heavy atom. The highest BCUT2D eigenvalue weighted by atomic mass is 35.5. The van der Waals surface area contributed by atoms with Crippen LogP contribution in [0.25, 0.3) is 11.3 Å². The van der Waals surface area contributed by atoms with Crippen molar-refractivity contribution in [3.8, 4) is 11.3 Å². The van der Waals surface area contributed by atoms with Crippen molar-refractivity contribution in [2.45, 2.75) is 0 Å². The molecule has 0 aliphatic heterocycles. The molecule has 1 N–H and O–H groups in total. The number of hydrogen-bond acceptors (Lipinski definition) is 2. The lowest BCUT2D eigenvalue weighted by Gasteiger charge is -2.08. The number of nitrogens with zero attached hydrogens (tertiary/aromatic N) is 1. The van der Waals surface area contributed by atoms with E-state index in [9.17, 15) is 9.18 Å². The van der Waals surface area contributed by atoms with Crippen molar-refractivity contribution in [1.29, 1.82) is 0 Å².